The van der Waals surface area contributed by atoms with E-state index in [1.807, 2.05) is 0 Å². The first-order valence-electron chi connectivity index (χ1n) is 5.34. The summed E-state index contributed by atoms with van der Waals surface area (Å²) < 4.78 is 13.3. The Balaban J connectivity index is 2.69. The lowest BCUT2D eigenvalue weighted by Gasteiger charge is -2.10. The lowest BCUT2D eigenvalue weighted by molar-refractivity contribution is -0.598. The minimum Gasteiger partial charge on any atom is -0.618 e. The summed E-state index contributed by atoms with van der Waals surface area (Å²) in [5.74, 6) is -1.72. The maximum Gasteiger partial charge on any atom is 0.402 e. The number of carboxylic acids is 1. The smallest absolute Gasteiger partial charge is 0.402 e. The molecule has 0 aliphatic carbocycles. The normalized spacial score (nSPS) is 10.4. The summed E-state index contributed by atoms with van der Waals surface area (Å²) in [7, 11) is 0. The standard InChI is InChI=1S/C13H10FNO3S/c1-19-11-7-6-10(13(16)17)15(18)12(11)8-2-4-9(14)5-3-8/h2-7H,1H3,(H,16,17). The monoisotopic (exact) mass is 279 g/mol. The zero-order chi connectivity index (χ0) is 14.0. The van der Waals surface area contributed by atoms with E-state index >= 15 is 0 Å². The molecule has 1 aromatic carbocycles. The summed E-state index contributed by atoms with van der Waals surface area (Å²) in [5.41, 5.74) is 0.327. The number of thioether (sulfide) groups is 1. The molecule has 2 aromatic rings. The van der Waals surface area contributed by atoms with Gasteiger partial charge in [0, 0.05) is 11.6 Å². The Labute approximate surface area is 113 Å². The molecule has 19 heavy (non-hydrogen) atoms. The second-order valence-electron chi connectivity index (χ2n) is 3.74. The SMILES string of the molecule is CSc1ccc(C(=O)O)[n+]([O-])c1-c1ccc(F)cc1. The van der Waals surface area contributed by atoms with Gasteiger partial charge in [-0.25, -0.2) is 9.18 Å². The average molecular weight is 279 g/mol. The molecule has 0 bridgehead atoms. The molecule has 1 N–H and O–H groups in total. The van der Waals surface area contributed by atoms with Crippen molar-refractivity contribution in [3.63, 3.8) is 0 Å². The van der Waals surface area contributed by atoms with Crippen LogP contribution in [-0.2, 0) is 0 Å². The van der Waals surface area contributed by atoms with Crippen LogP contribution < -0.4 is 4.73 Å². The zero-order valence-corrected chi connectivity index (χ0v) is 10.8. The summed E-state index contributed by atoms with van der Waals surface area (Å²) in [6.07, 6.45) is 1.78. The fraction of sp³-hybridized carbons (Fsp3) is 0.0769. The van der Waals surface area contributed by atoms with Crippen molar-refractivity contribution in [2.75, 3.05) is 6.26 Å². The molecule has 0 amide bonds. The number of pyridine rings is 1. The molecule has 0 fully saturated rings. The zero-order valence-electron chi connectivity index (χ0n) is 9.96. The van der Waals surface area contributed by atoms with Crippen molar-refractivity contribution in [3.8, 4) is 11.3 Å². The van der Waals surface area contributed by atoms with E-state index in [9.17, 15) is 14.4 Å². The molecule has 1 heterocycles. The number of aromatic nitrogens is 1. The van der Waals surface area contributed by atoms with Crippen molar-refractivity contribution in [3.05, 3.63) is 53.1 Å². The topological polar surface area (TPSA) is 64.2 Å². The fourth-order valence-electron chi connectivity index (χ4n) is 1.71. The molecular formula is C13H10FNO3S. The number of hydrogen-bond acceptors (Lipinski definition) is 3. The average Bonchev–Trinajstić information content (AvgIpc) is 2.39. The van der Waals surface area contributed by atoms with Gasteiger partial charge < -0.3 is 10.3 Å². The quantitative estimate of drug-likeness (QED) is 0.533. The predicted molar refractivity (Wildman–Crippen MR) is 69.5 cm³/mol. The van der Waals surface area contributed by atoms with Crippen molar-refractivity contribution in [1.29, 1.82) is 0 Å². The second-order valence-corrected chi connectivity index (χ2v) is 4.59. The summed E-state index contributed by atoms with van der Waals surface area (Å²) >= 11 is 1.32. The van der Waals surface area contributed by atoms with Crippen molar-refractivity contribution >= 4 is 17.7 Å². The van der Waals surface area contributed by atoms with Crippen molar-refractivity contribution in [1.82, 2.24) is 0 Å². The molecular weight excluding hydrogens is 269 g/mol. The van der Waals surface area contributed by atoms with Gasteiger partial charge in [-0.15, -0.1) is 11.8 Å². The van der Waals surface area contributed by atoms with Gasteiger partial charge in [-0.2, -0.15) is 4.73 Å². The fourth-order valence-corrected chi connectivity index (χ4v) is 2.31. The van der Waals surface area contributed by atoms with E-state index < -0.39 is 11.8 Å². The van der Waals surface area contributed by atoms with Crippen molar-refractivity contribution in [2.24, 2.45) is 0 Å². The first-order valence-corrected chi connectivity index (χ1v) is 6.57. The Hall–Kier alpha value is -2.08. The van der Waals surface area contributed by atoms with Crippen LogP contribution in [0, 0.1) is 11.0 Å². The highest BCUT2D eigenvalue weighted by atomic mass is 32.2. The van der Waals surface area contributed by atoms with E-state index in [2.05, 4.69) is 0 Å². The minimum absolute atomic E-state index is 0.215. The third-order valence-electron chi connectivity index (χ3n) is 2.60. The molecule has 4 nitrogen and oxygen atoms in total. The highest BCUT2D eigenvalue weighted by Crippen LogP contribution is 2.27. The summed E-state index contributed by atoms with van der Waals surface area (Å²) in [5, 5.41) is 21.1. The molecule has 0 radical (unpaired) electrons. The Morgan fingerprint density at radius 2 is 1.89 bits per heavy atom. The molecule has 98 valence electrons. The number of aromatic carboxylic acids is 1. The van der Waals surface area contributed by atoms with Crippen LogP contribution in [0.2, 0.25) is 0 Å². The predicted octanol–water partition coefficient (Wildman–Crippen LogP) is 2.55. The highest BCUT2D eigenvalue weighted by Gasteiger charge is 2.22. The van der Waals surface area contributed by atoms with E-state index in [1.165, 1.54) is 42.1 Å². The third-order valence-corrected chi connectivity index (χ3v) is 3.37. The molecule has 0 aliphatic heterocycles. The van der Waals surface area contributed by atoms with Crippen molar-refractivity contribution in [2.45, 2.75) is 4.90 Å². The van der Waals surface area contributed by atoms with E-state index in [0.717, 1.165) is 0 Å². The van der Waals surface area contributed by atoms with Gasteiger partial charge in [0.1, 0.15) is 5.82 Å². The van der Waals surface area contributed by atoms with Gasteiger partial charge >= 0.3 is 11.7 Å². The molecule has 0 aliphatic rings. The molecule has 0 unspecified atom stereocenters. The van der Waals surface area contributed by atoms with Gasteiger partial charge in [0.25, 0.3) is 0 Å². The van der Waals surface area contributed by atoms with Crippen LogP contribution >= 0.6 is 11.8 Å². The first kappa shape index (κ1) is 13.4. The van der Waals surface area contributed by atoms with E-state index in [1.54, 1.807) is 12.3 Å². The maximum absolute atomic E-state index is 12.9. The van der Waals surface area contributed by atoms with Crippen molar-refractivity contribution < 1.29 is 19.0 Å². The number of hydrogen-bond donors (Lipinski definition) is 1. The second kappa shape index (κ2) is 5.27. The lowest BCUT2D eigenvalue weighted by Crippen LogP contribution is -2.37. The number of halogens is 1. The van der Waals surface area contributed by atoms with Crippen LogP contribution in [0.4, 0.5) is 4.39 Å². The van der Waals surface area contributed by atoms with Crippen LogP contribution in [0.3, 0.4) is 0 Å². The van der Waals surface area contributed by atoms with Crippen LogP contribution in [0.15, 0.2) is 41.3 Å². The molecule has 0 saturated heterocycles. The van der Waals surface area contributed by atoms with E-state index in [4.69, 9.17) is 5.11 Å². The summed E-state index contributed by atoms with van der Waals surface area (Å²) in [6.45, 7) is 0. The van der Waals surface area contributed by atoms with Gasteiger partial charge in [-0.05, 0) is 36.6 Å². The maximum atomic E-state index is 12.9. The molecule has 6 heteroatoms. The number of carbonyl (C=O) groups is 1. The van der Waals surface area contributed by atoms with Crippen LogP contribution in [-0.4, -0.2) is 17.3 Å². The molecule has 0 spiro atoms. The van der Waals surface area contributed by atoms with Gasteiger partial charge in [-0.1, -0.05) is 0 Å². The molecule has 1 aromatic heterocycles. The lowest BCUT2D eigenvalue weighted by atomic mass is 10.1. The Morgan fingerprint density at radius 3 is 2.42 bits per heavy atom. The van der Waals surface area contributed by atoms with E-state index in [-0.39, 0.29) is 11.4 Å². The molecule has 0 saturated carbocycles. The van der Waals surface area contributed by atoms with Crippen LogP contribution in [0.25, 0.3) is 11.3 Å². The number of benzene rings is 1. The number of rotatable bonds is 3. The summed E-state index contributed by atoms with van der Waals surface area (Å²) in [4.78, 5) is 11.6. The number of nitrogens with zero attached hydrogens (tertiary/aromatic N) is 1. The van der Waals surface area contributed by atoms with Gasteiger partial charge in [0.15, 0.2) is 0 Å². The molecule has 2 rings (SSSR count). The van der Waals surface area contributed by atoms with Gasteiger partial charge in [0.2, 0.25) is 5.69 Å². The van der Waals surface area contributed by atoms with E-state index in [0.29, 0.717) is 15.2 Å². The molecule has 0 atom stereocenters. The summed E-state index contributed by atoms with van der Waals surface area (Å²) in [6, 6.07) is 8.18. The van der Waals surface area contributed by atoms with Gasteiger partial charge in [-0.3, -0.25) is 0 Å². The highest BCUT2D eigenvalue weighted by molar-refractivity contribution is 7.98. The number of carboxylic acid groups (broad SMARTS) is 1. The van der Waals surface area contributed by atoms with Crippen LogP contribution in [0.1, 0.15) is 10.5 Å². The Bertz CT molecular complexity index is 629. The largest absolute Gasteiger partial charge is 0.618 e. The van der Waals surface area contributed by atoms with Gasteiger partial charge in [0.05, 0.1) is 4.90 Å². The minimum atomic E-state index is -1.30. The third kappa shape index (κ3) is 2.53. The van der Waals surface area contributed by atoms with Crippen LogP contribution in [0.5, 0.6) is 0 Å². The Kier molecular flexibility index (Phi) is 3.71. The first-order chi connectivity index (χ1) is 9.04. The Morgan fingerprint density at radius 1 is 1.26 bits per heavy atom.